The highest BCUT2D eigenvalue weighted by Crippen LogP contribution is 2.35. The molecule has 1 aliphatic rings. The van der Waals surface area contributed by atoms with Crippen LogP contribution in [0.25, 0.3) is 0 Å². The molecule has 1 fully saturated rings. The molecule has 1 heteroatoms. The Balaban J connectivity index is 2.65. The van der Waals surface area contributed by atoms with Gasteiger partial charge in [0.15, 0.2) is 0 Å². The van der Waals surface area contributed by atoms with E-state index >= 15 is 0 Å². The number of rotatable bonds is 2. The van der Waals surface area contributed by atoms with Crippen LogP contribution < -0.4 is 0 Å². The van der Waals surface area contributed by atoms with E-state index in [1.54, 1.807) is 0 Å². The summed E-state index contributed by atoms with van der Waals surface area (Å²) in [6.45, 7) is 14.4. The Hall–Kier alpha value is -0.460. The van der Waals surface area contributed by atoms with Gasteiger partial charge in [-0.3, -0.25) is 0 Å². The molecule has 0 spiro atoms. The van der Waals surface area contributed by atoms with Crippen molar-refractivity contribution in [3.63, 3.8) is 0 Å². The minimum atomic E-state index is 0.349. The first-order valence-electron chi connectivity index (χ1n) is 4.89. The van der Waals surface area contributed by atoms with Gasteiger partial charge in [0.05, 0.1) is 0 Å². The molecule has 70 valence electrons. The molecule has 0 saturated carbocycles. The predicted molar refractivity (Wildman–Crippen MR) is 54.0 cm³/mol. The lowest BCUT2D eigenvalue weighted by Gasteiger charge is -2.35. The summed E-state index contributed by atoms with van der Waals surface area (Å²) in [5.74, 6) is 0.735. The van der Waals surface area contributed by atoms with E-state index in [-0.39, 0.29) is 0 Å². The van der Waals surface area contributed by atoms with Gasteiger partial charge in [0.1, 0.15) is 0 Å². The zero-order valence-corrected chi connectivity index (χ0v) is 8.85. The Labute approximate surface area is 76.5 Å². The van der Waals surface area contributed by atoms with Gasteiger partial charge in [-0.15, -0.1) is 0 Å². The number of nitrogens with zero attached hydrogens (tertiary/aromatic N) is 1. The molecule has 1 saturated heterocycles. The molecule has 1 rings (SSSR count). The monoisotopic (exact) mass is 167 g/mol. The Kier molecular flexibility index (Phi) is 2.50. The third-order valence-corrected chi connectivity index (χ3v) is 2.69. The van der Waals surface area contributed by atoms with Gasteiger partial charge in [-0.05, 0) is 32.6 Å². The molecule has 0 aromatic carbocycles. The molecule has 0 amide bonds. The quantitative estimate of drug-likeness (QED) is 0.611. The molecule has 0 N–H and O–H groups in total. The second-order valence-corrected chi connectivity index (χ2v) is 4.88. The van der Waals surface area contributed by atoms with Crippen LogP contribution in [0.3, 0.4) is 0 Å². The van der Waals surface area contributed by atoms with Crippen molar-refractivity contribution >= 4 is 0 Å². The lowest BCUT2D eigenvalue weighted by Crippen LogP contribution is -2.39. The van der Waals surface area contributed by atoms with Crippen LogP contribution in [0.4, 0.5) is 0 Å². The molecular formula is C11H21N. The summed E-state index contributed by atoms with van der Waals surface area (Å²) in [6.07, 6.45) is 2.44. The fourth-order valence-corrected chi connectivity index (χ4v) is 1.89. The second-order valence-electron chi connectivity index (χ2n) is 4.88. The molecule has 1 heterocycles. The number of hydrogen-bond donors (Lipinski definition) is 0. The topological polar surface area (TPSA) is 3.24 Å². The lowest BCUT2D eigenvalue weighted by atomic mass is 10.0. The Bertz CT molecular complexity index is 179. The van der Waals surface area contributed by atoms with Crippen molar-refractivity contribution in [2.45, 2.75) is 46.1 Å². The molecule has 0 radical (unpaired) electrons. The van der Waals surface area contributed by atoms with Crippen molar-refractivity contribution in [1.29, 1.82) is 0 Å². The van der Waals surface area contributed by atoms with Gasteiger partial charge in [0.25, 0.3) is 0 Å². The van der Waals surface area contributed by atoms with Crippen molar-refractivity contribution in [2.24, 2.45) is 5.92 Å². The summed E-state index contributed by atoms with van der Waals surface area (Å²) in [6, 6.07) is 0. The molecule has 0 aromatic heterocycles. The summed E-state index contributed by atoms with van der Waals surface area (Å²) >= 11 is 0. The standard InChI is InChI=1S/C11H21N/c1-9(2)8-12-10(3)6-7-11(12,4)5/h9H,3,6-8H2,1-2,4-5H3. The molecular weight excluding hydrogens is 146 g/mol. The Morgan fingerprint density at radius 3 is 2.42 bits per heavy atom. The highest BCUT2D eigenvalue weighted by atomic mass is 15.2. The van der Waals surface area contributed by atoms with E-state index in [0.29, 0.717) is 5.54 Å². The molecule has 0 aromatic rings. The van der Waals surface area contributed by atoms with E-state index in [4.69, 9.17) is 0 Å². The summed E-state index contributed by atoms with van der Waals surface area (Å²) in [7, 11) is 0. The minimum absolute atomic E-state index is 0.349. The average molecular weight is 167 g/mol. The number of likely N-dealkylation sites (tertiary alicyclic amines) is 1. The molecule has 12 heavy (non-hydrogen) atoms. The first kappa shape index (κ1) is 9.63. The second kappa shape index (κ2) is 3.12. The number of hydrogen-bond acceptors (Lipinski definition) is 1. The normalized spacial score (nSPS) is 22.4. The smallest absolute Gasteiger partial charge is 0.0346 e. The fourth-order valence-electron chi connectivity index (χ4n) is 1.89. The van der Waals surface area contributed by atoms with E-state index in [9.17, 15) is 0 Å². The maximum atomic E-state index is 4.11. The van der Waals surface area contributed by atoms with Crippen LogP contribution in [0.1, 0.15) is 40.5 Å². The van der Waals surface area contributed by atoms with Gasteiger partial charge < -0.3 is 4.90 Å². The SMILES string of the molecule is C=C1CCC(C)(C)N1CC(C)C. The molecule has 0 aliphatic carbocycles. The van der Waals surface area contributed by atoms with E-state index in [2.05, 4.69) is 39.2 Å². The van der Waals surface area contributed by atoms with E-state index in [0.717, 1.165) is 12.5 Å². The molecule has 0 bridgehead atoms. The van der Waals surface area contributed by atoms with Crippen molar-refractivity contribution in [3.05, 3.63) is 12.3 Å². The zero-order chi connectivity index (χ0) is 9.35. The first-order valence-corrected chi connectivity index (χ1v) is 4.89. The first-order chi connectivity index (χ1) is 5.43. The summed E-state index contributed by atoms with van der Waals surface area (Å²) in [5.41, 5.74) is 1.68. The van der Waals surface area contributed by atoms with Crippen LogP contribution in [-0.4, -0.2) is 17.0 Å². The summed E-state index contributed by atoms with van der Waals surface area (Å²) < 4.78 is 0. The molecule has 0 unspecified atom stereocenters. The van der Waals surface area contributed by atoms with Crippen molar-refractivity contribution < 1.29 is 0 Å². The molecule has 1 aliphatic heterocycles. The van der Waals surface area contributed by atoms with Crippen LogP contribution >= 0.6 is 0 Å². The van der Waals surface area contributed by atoms with Crippen molar-refractivity contribution in [3.8, 4) is 0 Å². The summed E-state index contributed by atoms with van der Waals surface area (Å²) in [4.78, 5) is 2.47. The maximum Gasteiger partial charge on any atom is 0.0346 e. The Morgan fingerprint density at radius 2 is 2.08 bits per heavy atom. The number of allylic oxidation sites excluding steroid dienone is 1. The van der Waals surface area contributed by atoms with Gasteiger partial charge in [0.2, 0.25) is 0 Å². The van der Waals surface area contributed by atoms with Crippen molar-refractivity contribution in [1.82, 2.24) is 4.90 Å². The van der Waals surface area contributed by atoms with Crippen LogP contribution in [0.2, 0.25) is 0 Å². The van der Waals surface area contributed by atoms with Crippen LogP contribution in [0.5, 0.6) is 0 Å². The maximum absolute atomic E-state index is 4.11. The lowest BCUT2D eigenvalue weighted by molar-refractivity contribution is 0.186. The molecule has 1 nitrogen and oxygen atoms in total. The fraction of sp³-hybridized carbons (Fsp3) is 0.818. The largest absolute Gasteiger partial charge is 0.370 e. The van der Waals surface area contributed by atoms with E-state index in [1.165, 1.54) is 18.5 Å². The van der Waals surface area contributed by atoms with Gasteiger partial charge in [-0.25, -0.2) is 0 Å². The van der Waals surface area contributed by atoms with Crippen LogP contribution in [-0.2, 0) is 0 Å². The summed E-state index contributed by atoms with van der Waals surface area (Å²) in [5, 5.41) is 0. The highest BCUT2D eigenvalue weighted by molar-refractivity contribution is 5.08. The van der Waals surface area contributed by atoms with Gasteiger partial charge in [-0.2, -0.15) is 0 Å². The van der Waals surface area contributed by atoms with E-state index in [1.807, 2.05) is 0 Å². The van der Waals surface area contributed by atoms with Crippen LogP contribution in [0.15, 0.2) is 12.3 Å². The highest BCUT2D eigenvalue weighted by Gasteiger charge is 2.33. The zero-order valence-electron chi connectivity index (χ0n) is 8.85. The predicted octanol–water partition coefficient (Wildman–Crippen LogP) is 3.03. The third kappa shape index (κ3) is 1.82. The molecule has 0 atom stereocenters. The van der Waals surface area contributed by atoms with Gasteiger partial charge in [-0.1, -0.05) is 20.4 Å². The van der Waals surface area contributed by atoms with E-state index < -0.39 is 0 Å². The average Bonchev–Trinajstić information content (AvgIpc) is 2.15. The van der Waals surface area contributed by atoms with Crippen LogP contribution in [0, 0.1) is 5.92 Å². The van der Waals surface area contributed by atoms with Crippen molar-refractivity contribution in [2.75, 3.05) is 6.54 Å². The minimum Gasteiger partial charge on any atom is -0.370 e. The van der Waals surface area contributed by atoms with Gasteiger partial charge >= 0.3 is 0 Å². The Morgan fingerprint density at radius 1 is 1.50 bits per heavy atom. The van der Waals surface area contributed by atoms with Gasteiger partial charge in [0, 0.05) is 17.8 Å². The third-order valence-electron chi connectivity index (χ3n) is 2.69.